The predicted octanol–water partition coefficient (Wildman–Crippen LogP) is 2.12. The van der Waals surface area contributed by atoms with Crippen LogP contribution in [0.3, 0.4) is 0 Å². The molecule has 28 heavy (non-hydrogen) atoms. The fourth-order valence-corrected chi connectivity index (χ4v) is 3.99. The minimum atomic E-state index is 0.268. The molecule has 0 aromatic carbocycles. The van der Waals surface area contributed by atoms with Crippen molar-refractivity contribution in [3.63, 3.8) is 0 Å². The molecule has 1 aliphatic rings. The number of aliphatic imine (C=N–C) groups is 1. The van der Waals surface area contributed by atoms with Crippen LogP contribution in [0.1, 0.15) is 31.2 Å². The van der Waals surface area contributed by atoms with Crippen LogP contribution in [0.4, 0.5) is 0 Å². The number of hydrogen-bond donors (Lipinski definition) is 2. The average molecular weight is 413 g/mol. The fourth-order valence-electron chi connectivity index (χ4n) is 3.14. The van der Waals surface area contributed by atoms with Gasteiger partial charge in [0.25, 0.3) is 0 Å². The molecule has 2 rings (SSSR count). The van der Waals surface area contributed by atoms with Gasteiger partial charge >= 0.3 is 0 Å². The van der Waals surface area contributed by atoms with Crippen molar-refractivity contribution in [2.24, 2.45) is 4.99 Å². The van der Waals surface area contributed by atoms with Gasteiger partial charge in [0.1, 0.15) is 0 Å². The first kappa shape index (κ1) is 23.1. The van der Waals surface area contributed by atoms with E-state index in [1.165, 1.54) is 4.88 Å². The lowest BCUT2D eigenvalue weighted by atomic mass is 10.1. The topological polar surface area (TPSA) is 67.4 Å². The number of nitrogens with one attached hydrogen (secondary N) is 2. The van der Waals surface area contributed by atoms with Gasteiger partial charge in [0.15, 0.2) is 5.96 Å². The van der Waals surface area contributed by atoms with E-state index in [1.54, 1.807) is 18.4 Å². The molecule has 7 nitrogen and oxygen atoms in total. The quantitative estimate of drug-likeness (QED) is 0.311. The Kier molecular flexibility index (Phi) is 11.5. The maximum Gasteiger partial charge on any atom is 0.191 e. The first-order chi connectivity index (χ1) is 13.7. The molecule has 0 saturated carbocycles. The van der Waals surface area contributed by atoms with Crippen LogP contribution < -0.4 is 10.6 Å². The number of rotatable bonds is 12. The molecule has 1 saturated heterocycles. The van der Waals surface area contributed by atoms with Crippen LogP contribution in [0.5, 0.6) is 0 Å². The maximum atomic E-state index is 5.72. The second-order valence-corrected chi connectivity index (χ2v) is 7.79. The Labute approximate surface area is 173 Å². The van der Waals surface area contributed by atoms with E-state index in [-0.39, 0.29) is 6.10 Å². The number of thiophene rings is 1. The van der Waals surface area contributed by atoms with Crippen LogP contribution in [-0.4, -0.2) is 83.2 Å². The van der Waals surface area contributed by atoms with E-state index in [1.807, 2.05) is 0 Å². The highest BCUT2D eigenvalue weighted by atomic mass is 32.1. The van der Waals surface area contributed by atoms with E-state index >= 15 is 0 Å². The number of guanidine groups is 1. The van der Waals surface area contributed by atoms with Crippen LogP contribution in [0.25, 0.3) is 0 Å². The first-order valence-electron chi connectivity index (χ1n) is 10.2. The number of nitrogens with zero attached hydrogens (tertiary/aromatic N) is 2. The summed E-state index contributed by atoms with van der Waals surface area (Å²) in [5, 5.41) is 8.90. The highest BCUT2D eigenvalue weighted by molar-refractivity contribution is 7.10. The molecule has 1 fully saturated rings. The van der Waals surface area contributed by atoms with Gasteiger partial charge in [-0.05, 0) is 31.7 Å². The van der Waals surface area contributed by atoms with E-state index in [9.17, 15) is 0 Å². The van der Waals surface area contributed by atoms with Gasteiger partial charge in [-0.3, -0.25) is 9.89 Å². The Morgan fingerprint density at radius 1 is 1.39 bits per heavy atom. The van der Waals surface area contributed by atoms with Crippen LogP contribution >= 0.6 is 11.3 Å². The second-order valence-electron chi connectivity index (χ2n) is 6.81. The maximum absolute atomic E-state index is 5.72. The van der Waals surface area contributed by atoms with Crippen LogP contribution in [0, 0.1) is 0 Å². The van der Waals surface area contributed by atoms with Crippen LogP contribution in [-0.2, 0) is 14.2 Å². The van der Waals surface area contributed by atoms with E-state index < -0.39 is 0 Å². The lowest BCUT2D eigenvalue weighted by Gasteiger charge is -2.36. The zero-order chi connectivity index (χ0) is 20.0. The molecule has 8 heteroatoms. The van der Waals surface area contributed by atoms with E-state index in [0.29, 0.717) is 19.3 Å². The van der Waals surface area contributed by atoms with Crippen molar-refractivity contribution in [3.05, 3.63) is 22.4 Å². The molecule has 2 atom stereocenters. The van der Waals surface area contributed by atoms with Gasteiger partial charge < -0.3 is 24.8 Å². The van der Waals surface area contributed by atoms with Gasteiger partial charge in [0.05, 0.1) is 38.5 Å². The largest absolute Gasteiger partial charge is 0.382 e. The van der Waals surface area contributed by atoms with E-state index in [4.69, 9.17) is 19.2 Å². The lowest BCUT2D eigenvalue weighted by molar-refractivity contribution is -0.0327. The summed E-state index contributed by atoms with van der Waals surface area (Å²) in [7, 11) is 1.69. The van der Waals surface area contributed by atoms with Crippen molar-refractivity contribution < 1.29 is 14.2 Å². The molecule has 160 valence electrons. The average Bonchev–Trinajstić information content (AvgIpc) is 3.22. The fraction of sp³-hybridized carbons (Fsp3) is 0.750. The molecule has 2 heterocycles. The van der Waals surface area contributed by atoms with Crippen molar-refractivity contribution in [1.29, 1.82) is 0 Å². The normalized spacial score (nSPS) is 19.5. The number of hydrogen-bond acceptors (Lipinski definition) is 6. The number of methoxy groups -OCH3 is 1. The molecule has 0 spiro atoms. The molecular formula is C20H36N4O3S. The molecule has 0 bridgehead atoms. The van der Waals surface area contributed by atoms with Crippen molar-refractivity contribution in [2.45, 2.75) is 32.4 Å². The molecular weight excluding hydrogens is 376 g/mol. The summed E-state index contributed by atoms with van der Waals surface area (Å²) < 4.78 is 16.2. The number of ether oxygens (including phenoxy) is 3. The van der Waals surface area contributed by atoms with Crippen LogP contribution in [0.15, 0.2) is 22.5 Å². The third kappa shape index (κ3) is 8.45. The Bertz CT molecular complexity index is 542. The summed E-state index contributed by atoms with van der Waals surface area (Å²) in [6.07, 6.45) is 1.20. The highest BCUT2D eigenvalue weighted by Gasteiger charge is 2.26. The Balaban J connectivity index is 1.87. The summed E-state index contributed by atoms with van der Waals surface area (Å²) in [6.45, 7) is 11.3. The highest BCUT2D eigenvalue weighted by Crippen LogP contribution is 2.27. The van der Waals surface area contributed by atoms with Crippen molar-refractivity contribution in [2.75, 3.05) is 66.3 Å². The molecule has 1 aromatic rings. The van der Waals surface area contributed by atoms with Crippen molar-refractivity contribution >= 4 is 17.3 Å². The SMILES string of the molecule is CCNC(=NCC(c1cccs1)N1CCOC(C)C1)NCCCOCCOC. The Morgan fingerprint density at radius 3 is 3.00 bits per heavy atom. The summed E-state index contributed by atoms with van der Waals surface area (Å²) in [4.78, 5) is 8.73. The summed E-state index contributed by atoms with van der Waals surface area (Å²) in [5.74, 6) is 0.863. The van der Waals surface area contributed by atoms with Gasteiger partial charge in [0.2, 0.25) is 0 Å². The van der Waals surface area contributed by atoms with E-state index in [0.717, 1.165) is 58.3 Å². The minimum Gasteiger partial charge on any atom is -0.382 e. The second kappa shape index (κ2) is 13.9. The van der Waals surface area contributed by atoms with Gasteiger partial charge in [-0.15, -0.1) is 11.3 Å². The molecule has 1 aromatic heterocycles. The van der Waals surface area contributed by atoms with Crippen molar-refractivity contribution in [3.8, 4) is 0 Å². The van der Waals surface area contributed by atoms with Gasteiger partial charge in [-0.2, -0.15) is 0 Å². The van der Waals surface area contributed by atoms with Gasteiger partial charge in [-0.25, -0.2) is 0 Å². The van der Waals surface area contributed by atoms with E-state index in [2.05, 4.69) is 46.9 Å². The lowest BCUT2D eigenvalue weighted by Crippen LogP contribution is -2.44. The zero-order valence-electron chi connectivity index (χ0n) is 17.5. The monoisotopic (exact) mass is 412 g/mol. The van der Waals surface area contributed by atoms with Crippen LogP contribution in [0.2, 0.25) is 0 Å². The smallest absolute Gasteiger partial charge is 0.191 e. The Morgan fingerprint density at radius 2 is 2.29 bits per heavy atom. The third-order valence-electron chi connectivity index (χ3n) is 4.54. The molecule has 0 amide bonds. The van der Waals surface area contributed by atoms with Gasteiger partial charge in [0, 0.05) is 44.8 Å². The summed E-state index contributed by atoms with van der Waals surface area (Å²) in [6, 6.07) is 4.62. The Hall–Kier alpha value is -1.19. The zero-order valence-corrected chi connectivity index (χ0v) is 18.3. The molecule has 2 N–H and O–H groups in total. The predicted molar refractivity (Wildman–Crippen MR) is 115 cm³/mol. The molecule has 1 aliphatic heterocycles. The molecule has 0 radical (unpaired) electrons. The minimum absolute atomic E-state index is 0.268. The molecule has 0 aliphatic carbocycles. The number of morpholine rings is 1. The van der Waals surface area contributed by atoms with Crippen molar-refractivity contribution in [1.82, 2.24) is 15.5 Å². The van der Waals surface area contributed by atoms with Gasteiger partial charge in [-0.1, -0.05) is 6.07 Å². The molecule has 2 unspecified atom stereocenters. The summed E-state index contributed by atoms with van der Waals surface area (Å²) in [5.41, 5.74) is 0. The summed E-state index contributed by atoms with van der Waals surface area (Å²) >= 11 is 1.80. The first-order valence-corrected chi connectivity index (χ1v) is 11.1. The standard InChI is InChI=1S/C20H36N4O3S/c1-4-21-20(22-8-6-10-26-13-12-25-3)23-15-18(19-7-5-14-28-19)24-9-11-27-17(2)16-24/h5,7,14,17-18H,4,6,8-13,15-16H2,1-3H3,(H2,21,22,23). The third-order valence-corrected chi connectivity index (χ3v) is 5.51.